The molecule has 0 unspecified atom stereocenters. The highest BCUT2D eigenvalue weighted by molar-refractivity contribution is 6.07. The van der Waals surface area contributed by atoms with Crippen molar-refractivity contribution in [2.45, 2.75) is 37.8 Å². The maximum atomic E-state index is 13.4. The summed E-state index contributed by atoms with van der Waals surface area (Å²) in [5.74, 6) is -0.734. The van der Waals surface area contributed by atoms with Crippen LogP contribution in [0, 0.1) is 5.82 Å². The molecule has 0 bridgehead atoms. The monoisotopic (exact) mass is 277 g/mol. The number of nitrogens with zero attached hydrogens (tertiary/aromatic N) is 1. The zero-order valence-corrected chi connectivity index (χ0v) is 11.0. The van der Waals surface area contributed by atoms with Crippen LogP contribution in [0.3, 0.4) is 0 Å². The number of halogens is 1. The molecular weight excluding hydrogens is 261 g/mol. The Labute approximate surface area is 115 Å². The largest absolute Gasteiger partial charge is 0.396 e. The highest BCUT2D eigenvalue weighted by Gasteiger charge is 2.52. The molecule has 1 saturated carbocycles. The minimum atomic E-state index is -0.719. The third kappa shape index (κ3) is 1.92. The Bertz CT molecular complexity index is 582. The van der Waals surface area contributed by atoms with E-state index in [1.807, 2.05) is 0 Å². The fourth-order valence-electron chi connectivity index (χ4n) is 2.99. The Kier molecular flexibility index (Phi) is 2.88. The molecule has 1 saturated heterocycles. The Morgan fingerprint density at radius 2 is 2.00 bits per heavy atom. The Morgan fingerprint density at radius 1 is 1.30 bits per heavy atom. The molecule has 0 atom stereocenters. The molecule has 3 N–H and O–H groups in total. The summed E-state index contributed by atoms with van der Waals surface area (Å²) in [5, 5.41) is 2.79. The lowest BCUT2D eigenvalue weighted by Gasteiger charge is -2.20. The van der Waals surface area contributed by atoms with Crippen LogP contribution >= 0.6 is 0 Å². The lowest BCUT2D eigenvalue weighted by molar-refractivity contribution is -0.131. The van der Waals surface area contributed by atoms with Gasteiger partial charge in [0.05, 0.1) is 12.2 Å². The SMILES string of the molecule is Nc1ccc(CN2C(=O)NC3(CCCC3)C2=O)cc1F. The second kappa shape index (κ2) is 4.47. The number of hydrogen-bond donors (Lipinski definition) is 2. The molecule has 20 heavy (non-hydrogen) atoms. The van der Waals surface area contributed by atoms with Crippen LogP contribution in [-0.2, 0) is 11.3 Å². The number of anilines is 1. The van der Waals surface area contributed by atoms with Crippen molar-refractivity contribution in [3.63, 3.8) is 0 Å². The van der Waals surface area contributed by atoms with Gasteiger partial charge in [0.2, 0.25) is 0 Å². The number of carbonyl (C=O) groups excluding carboxylic acids is 2. The Hall–Kier alpha value is -2.11. The number of nitrogen functional groups attached to an aromatic ring is 1. The molecule has 1 aromatic carbocycles. The van der Waals surface area contributed by atoms with Gasteiger partial charge in [-0.1, -0.05) is 18.9 Å². The number of urea groups is 1. The first kappa shape index (κ1) is 12.9. The standard InChI is InChI=1S/C14H16FN3O2/c15-10-7-9(3-4-11(10)16)8-18-12(19)14(17-13(18)20)5-1-2-6-14/h3-4,7H,1-2,5-6,8,16H2,(H,17,20). The fraction of sp³-hybridized carbons (Fsp3) is 0.429. The molecule has 2 aliphatic rings. The first-order chi connectivity index (χ1) is 9.52. The van der Waals surface area contributed by atoms with Gasteiger partial charge in [0, 0.05) is 0 Å². The van der Waals surface area contributed by atoms with Crippen molar-refractivity contribution >= 4 is 17.6 Å². The summed E-state index contributed by atoms with van der Waals surface area (Å²) in [6.45, 7) is 0.0730. The van der Waals surface area contributed by atoms with Crippen LogP contribution in [0.15, 0.2) is 18.2 Å². The van der Waals surface area contributed by atoms with Crippen molar-refractivity contribution in [2.75, 3.05) is 5.73 Å². The van der Waals surface area contributed by atoms with Crippen LogP contribution < -0.4 is 11.1 Å². The molecule has 106 valence electrons. The molecule has 0 radical (unpaired) electrons. The highest BCUT2D eigenvalue weighted by Crippen LogP contribution is 2.35. The number of imide groups is 1. The molecule has 5 nitrogen and oxygen atoms in total. The predicted octanol–water partition coefficient (Wildman–Crippen LogP) is 1.77. The number of carbonyl (C=O) groups is 2. The first-order valence-electron chi connectivity index (χ1n) is 6.70. The number of hydrogen-bond acceptors (Lipinski definition) is 3. The molecule has 1 heterocycles. The number of nitrogens with one attached hydrogen (secondary N) is 1. The Balaban J connectivity index is 1.82. The minimum Gasteiger partial charge on any atom is -0.396 e. The van der Waals surface area contributed by atoms with Gasteiger partial charge in [-0.15, -0.1) is 0 Å². The van der Waals surface area contributed by atoms with Gasteiger partial charge in [0.25, 0.3) is 5.91 Å². The van der Waals surface area contributed by atoms with E-state index in [2.05, 4.69) is 5.32 Å². The fourth-order valence-corrected chi connectivity index (χ4v) is 2.99. The van der Waals surface area contributed by atoms with E-state index in [0.717, 1.165) is 17.7 Å². The van der Waals surface area contributed by atoms with E-state index < -0.39 is 17.4 Å². The quantitative estimate of drug-likeness (QED) is 0.639. The number of amides is 3. The molecule has 3 rings (SSSR count). The summed E-state index contributed by atoms with van der Waals surface area (Å²) in [6, 6.07) is 3.93. The maximum absolute atomic E-state index is 13.4. The van der Waals surface area contributed by atoms with Crippen LogP contribution in [0.5, 0.6) is 0 Å². The third-order valence-electron chi connectivity index (χ3n) is 4.11. The molecule has 2 fully saturated rings. The van der Waals surface area contributed by atoms with Crippen molar-refractivity contribution < 1.29 is 14.0 Å². The smallest absolute Gasteiger partial charge is 0.325 e. The molecule has 1 spiro atoms. The van der Waals surface area contributed by atoms with Gasteiger partial charge in [0.1, 0.15) is 11.4 Å². The van der Waals surface area contributed by atoms with E-state index in [0.29, 0.717) is 18.4 Å². The first-order valence-corrected chi connectivity index (χ1v) is 6.70. The third-order valence-corrected chi connectivity index (χ3v) is 4.11. The summed E-state index contributed by atoms with van der Waals surface area (Å²) in [6.07, 6.45) is 3.25. The van der Waals surface area contributed by atoms with Crippen LogP contribution in [-0.4, -0.2) is 22.4 Å². The lowest BCUT2D eigenvalue weighted by Crippen LogP contribution is -2.44. The van der Waals surface area contributed by atoms with E-state index in [9.17, 15) is 14.0 Å². The second-order valence-corrected chi connectivity index (χ2v) is 5.47. The molecular formula is C14H16FN3O2. The lowest BCUT2D eigenvalue weighted by atomic mass is 9.98. The summed E-state index contributed by atoms with van der Waals surface area (Å²) in [4.78, 5) is 25.6. The maximum Gasteiger partial charge on any atom is 0.325 e. The molecule has 6 heteroatoms. The second-order valence-electron chi connectivity index (χ2n) is 5.47. The average molecular weight is 277 g/mol. The molecule has 3 amide bonds. The van der Waals surface area contributed by atoms with E-state index in [1.54, 1.807) is 6.07 Å². The molecule has 1 aromatic rings. The number of rotatable bonds is 2. The zero-order chi connectivity index (χ0) is 14.3. The van der Waals surface area contributed by atoms with Crippen LogP contribution in [0.25, 0.3) is 0 Å². The highest BCUT2D eigenvalue weighted by atomic mass is 19.1. The van der Waals surface area contributed by atoms with Crippen LogP contribution in [0.4, 0.5) is 14.9 Å². The van der Waals surface area contributed by atoms with Gasteiger partial charge in [0.15, 0.2) is 0 Å². The molecule has 1 aliphatic carbocycles. The predicted molar refractivity (Wildman–Crippen MR) is 71.1 cm³/mol. The minimum absolute atomic E-state index is 0.0539. The van der Waals surface area contributed by atoms with Gasteiger partial charge in [-0.2, -0.15) is 0 Å². The van der Waals surface area contributed by atoms with Gasteiger partial charge in [-0.3, -0.25) is 9.69 Å². The van der Waals surface area contributed by atoms with Crippen molar-refractivity contribution in [3.05, 3.63) is 29.6 Å². The van der Waals surface area contributed by atoms with E-state index in [-0.39, 0.29) is 18.1 Å². The average Bonchev–Trinajstić information content (AvgIpc) is 2.96. The molecule has 0 aromatic heterocycles. The van der Waals surface area contributed by atoms with Gasteiger partial charge in [-0.25, -0.2) is 9.18 Å². The van der Waals surface area contributed by atoms with Gasteiger partial charge in [-0.05, 0) is 30.5 Å². The van der Waals surface area contributed by atoms with E-state index in [1.165, 1.54) is 12.1 Å². The summed E-state index contributed by atoms with van der Waals surface area (Å²) >= 11 is 0. The number of nitrogens with two attached hydrogens (primary N) is 1. The normalized spacial score (nSPS) is 20.8. The van der Waals surface area contributed by atoms with Crippen molar-refractivity contribution in [1.29, 1.82) is 0 Å². The summed E-state index contributed by atoms with van der Waals surface area (Å²) < 4.78 is 13.4. The topological polar surface area (TPSA) is 75.4 Å². The molecule has 1 aliphatic heterocycles. The zero-order valence-electron chi connectivity index (χ0n) is 11.0. The van der Waals surface area contributed by atoms with Gasteiger partial charge < -0.3 is 11.1 Å². The summed E-state index contributed by atoms with van der Waals surface area (Å²) in [7, 11) is 0. The van der Waals surface area contributed by atoms with E-state index in [4.69, 9.17) is 5.73 Å². The van der Waals surface area contributed by atoms with Gasteiger partial charge >= 0.3 is 6.03 Å². The van der Waals surface area contributed by atoms with Crippen LogP contribution in [0.1, 0.15) is 31.2 Å². The van der Waals surface area contributed by atoms with Crippen molar-refractivity contribution in [1.82, 2.24) is 10.2 Å². The van der Waals surface area contributed by atoms with Crippen molar-refractivity contribution in [3.8, 4) is 0 Å². The van der Waals surface area contributed by atoms with E-state index >= 15 is 0 Å². The van der Waals surface area contributed by atoms with Crippen LogP contribution in [0.2, 0.25) is 0 Å². The number of benzene rings is 1. The Morgan fingerprint density at radius 3 is 2.65 bits per heavy atom. The summed E-state index contributed by atoms with van der Waals surface area (Å²) in [5.41, 5.74) is 5.30. The van der Waals surface area contributed by atoms with Crippen molar-refractivity contribution in [2.24, 2.45) is 0 Å².